The van der Waals surface area contributed by atoms with Crippen LogP contribution in [0.1, 0.15) is 31.3 Å². The molecule has 1 heterocycles. The fourth-order valence-electron chi connectivity index (χ4n) is 2.01. The Balaban J connectivity index is 1.95. The maximum atomic E-state index is 12.4. The van der Waals surface area contributed by atoms with Crippen LogP contribution in [0, 0.1) is 0 Å². The zero-order chi connectivity index (χ0) is 19.3. The number of alkyl carbamates (subject to hydrolysis) is 1. The number of aromatic nitrogens is 1. The first-order valence-electron chi connectivity index (χ1n) is 7.81. The lowest BCUT2D eigenvalue weighted by Gasteiger charge is -2.19. The molecular weight excluding hydrogens is 397 g/mol. The van der Waals surface area contributed by atoms with Gasteiger partial charge in [-0.2, -0.15) is 0 Å². The minimum absolute atomic E-state index is 0.234. The number of hydrogen-bond acceptors (Lipinski definition) is 5. The Morgan fingerprint density at radius 1 is 1.19 bits per heavy atom. The highest BCUT2D eigenvalue weighted by Gasteiger charge is 2.19. The fourth-order valence-corrected chi connectivity index (χ4v) is 3.27. The van der Waals surface area contributed by atoms with Gasteiger partial charge >= 0.3 is 6.09 Å². The summed E-state index contributed by atoms with van der Waals surface area (Å²) in [6.45, 7) is 5.80. The summed E-state index contributed by atoms with van der Waals surface area (Å²) in [5.41, 5.74) is 1.91. The van der Waals surface area contributed by atoms with E-state index in [1.165, 1.54) is 11.3 Å². The van der Waals surface area contributed by atoms with E-state index in [1.807, 2.05) is 0 Å². The Hall–Kier alpha value is -1.83. The molecule has 0 saturated heterocycles. The van der Waals surface area contributed by atoms with Crippen molar-refractivity contribution in [2.24, 2.45) is 0 Å². The van der Waals surface area contributed by atoms with Gasteiger partial charge in [-0.1, -0.05) is 23.2 Å². The van der Waals surface area contributed by atoms with Crippen molar-refractivity contribution in [3.05, 3.63) is 39.4 Å². The van der Waals surface area contributed by atoms with E-state index in [9.17, 15) is 9.59 Å². The lowest BCUT2D eigenvalue weighted by molar-refractivity contribution is 0.0526. The molecule has 2 rings (SSSR count). The summed E-state index contributed by atoms with van der Waals surface area (Å²) < 4.78 is 5.12. The van der Waals surface area contributed by atoms with E-state index < -0.39 is 11.7 Å². The molecule has 1 aromatic carbocycles. The number of thiazole rings is 1. The second kappa shape index (κ2) is 8.70. The predicted octanol–water partition coefficient (Wildman–Crippen LogP) is 4.37. The van der Waals surface area contributed by atoms with E-state index in [-0.39, 0.29) is 24.7 Å². The average Bonchev–Trinajstić information content (AvgIpc) is 3.01. The number of ether oxygens (including phenoxy) is 1. The van der Waals surface area contributed by atoms with E-state index in [0.29, 0.717) is 20.5 Å². The van der Waals surface area contributed by atoms with E-state index in [4.69, 9.17) is 27.9 Å². The molecule has 2 N–H and O–H groups in total. The molecule has 0 atom stereocenters. The number of benzene rings is 1. The van der Waals surface area contributed by atoms with Gasteiger partial charge in [-0.15, -0.1) is 11.3 Å². The molecule has 0 spiro atoms. The van der Waals surface area contributed by atoms with E-state index in [2.05, 4.69) is 15.6 Å². The third-order valence-corrected chi connectivity index (χ3v) is 4.46. The Morgan fingerprint density at radius 2 is 1.88 bits per heavy atom. The molecule has 0 aliphatic carbocycles. The van der Waals surface area contributed by atoms with Crippen LogP contribution in [-0.4, -0.2) is 35.7 Å². The molecule has 26 heavy (non-hydrogen) atoms. The van der Waals surface area contributed by atoms with Gasteiger partial charge in [0.05, 0.1) is 10.4 Å². The molecule has 0 unspecified atom stereocenters. The number of halogens is 2. The van der Waals surface area contributed by atoms with E-state index in [0.717, 1.165) is 0 Å². The van der Waals surface area contributed by atoms with Crippen LogP contribution in [0.4, 0.5) is 4.79 Å². The fraction of sp³-hybridized carbons (Fsp3) is 0.353. The van der Waals surface area contributed by atoms with Crippen molar-refractivity contribution in [1.29, 1.82) is 0 Å². The Bertz CT molecular complexity index is 803. The number of carbonyl (C=O) groups excluding carboxylic acids is 2. The first-order valence-corrected chi connectivity index (χ1v) is 9.45. The number of amides is 2. The molecule has 0 fully saturated rings. The standard InChI is InChI=1S/C17H19Cl2N3O3S/c1-17(2,3)25-16(24)21-7-6-20-15(23)13-14(26-9-22-13)11-8-10(18)4-5-12(11)19/h4-5,8-9H,6-7H2,1-3H3,(H,20,23)(H,21,24). The number of rotatable bonds is 5. The number of nitrogens with one attached hydrogen (secondary N) is 2. The Labute approximate surface area is 165 Å². The van der Waals surface area contributed by atoms with Gasteiger partial charge in [-0.3, -0.25) is 4.79 Å². The van der Waals surface area contributed by atoms with Gasteiger partial charge in [0.2, 0.25) is 0 Å². The van der Waals surface area contributed by atoms with Gasteiger partial charge in [0.15, 0.2) is 0 Å². The summed E-state index contributed by atoms with van der Waals surface area (Å²) >= 11 is 13.5. The van der Waals surface area contributed by atoms with Crippen LogP contribution in [0.5, 0.6) is 0 Å². The normalized spacial score (nSPS) is 11.1. The molecule has 2 amide bonds. The topological polar surface area (TPSA) is 80.3 Å². The van der Waals surface area contributed by atoms with Crippen LogP contribution in [-0.2, 0) is 4.74 Å². The third-order valence-electron chi connectivity index (χ3n) is 3.03. The molecule has 0 radical (unpaired) electrons. The summed E-state index contributed by atoms with van der Waals surface area (Å²) in [6, 6.07) is 5.04. The van der Waals surface area contributed by atoms with Crippen molar-refractivity contribution in [1.82, 2.24) is 15.6 Å². The van der Waals surface area contributed by atoms with E-state index in [1.54, 1.807) is 44.5 Å². The van der Waals surface area contributed by atoms with Crippen LogP contribution in [0.15, 0.2) is 23.7 Å². The summed E-state index contributed by atoms with van der Waals surface area (Å²) in [7, 11) is 0. The number of hydrogen-bond donors (Lipinski definition) is 2. The van der Waals surface area contributed by atoms with Crippen molar-refractivity contribution in [2.75, 3.05) is 13.1 Å². The van der Waals surface area contributed by atoms with Gasteiger partial charge in [0, 0.05) is 28.7 Å². The maximum Gasteiger partial charge on any atom is 0.407 e. The highest BCUT2D eigenvalue weighted by molar-refractivity contribution is 7.13. The molecule has 0 bridgehead atoms. The minimum Gasteiger partial charge on any atom is -0.444 e. The molecule has 1 aromatic heterocycles. The van der Waals surface area contributed by atoms with Crippen LogP contribution < -0.4 is 10.6 Å². The smallest absolute Gasteiger partial charge is 0.407 e. The summed E-state index contributed by atoms with van der Waals surface area (Å²) in [4.78, 5) is 28.7. The van der Waals surface area contributed by atoms with E-state index >= 15 is 0 Å². The van der Waals surface area contributed by atoms with Crippen LogP contribution >= 0.6 is 34.5 Å². The van der Waals surface area contributed by atoms with Gasteiger partial charge < -0.3 is 15.4 Å². The van der Waals surface area contributed by atoms with Crippen LogP contribution in [0.25, 0.3) is 10.4 Å². The molecule has 6 nitrogen and oxygen atoms in total. The van der Waals surface area contributed by atoms with Gasteiger partial charge in [-0.05, 0) is 39.0 Å². The summed E-state index contributed by atoms with van der Waals surface area (Å²) in [5.74, 6) is -0.358. The molecule has 0 saturated carbocycles. The number of carbonyl (C=O) groups is 2. The molecule has 0 aliphatic rings. The number of nitrogens with zero attached hydrogens (tertiary/aromatic N) is 1. The Morgan fingerprint density at radius 3 is 2.58 bits per heavy atom. The summed E-state index contributed by atoms with van der Waals surface area (Å²) in [6.07, 6.45) is -0.535. The first-order chi connectivity index (χ1) is 12.2. The monoisotopic (exact) mass is 415 g/mol. The lowest BCUT2D eigenvalue weighted by atomic mass is 10.1. The third kappa shape index (κ3) is 5.86. The molecule has 2 aromatic rings. The highest BCUT2D eigenvalue weighted by atomic mass is 35.5. The van der Waals surface area contributed by atoms with Crippen LogP contribution in [0.3, 0.4) is 0 Å². The quantitative estimate of drug-likeness (QED) is 0.710. The predicted molar refractivity (Wildman–Crippen MR) is 104 cm³/mol. The van der Waals surface area contributed by atoms with Crippen molar-refractivity contribution in [2.45, 2.75) is 26.4 Å². The zero-order valence-corrected chi connectivity index (χ0v) is 16.9. The minimum atomic E-state index is -0.570. The largest absolute Gasteiger partial charge is 0.444 e. The van der Waals surface area contributed by atoms with Crippen molar-refractivity contribution >= 4 is 46.5 Å². The molecule has 9 heteroatoms. The van der Waals surface area contributed by atoms with Gasteiger partial charge in [-0.25, -0.2) is 9.78 Å². The van der Waals surface area contributed by atoms with Gasteiger partial charge in [0.25, 0.3) is 5.91 Å². The second-order valence-corrected chi connectivity index (χ2v) is 8.04. The highest BCUT2D eigenvalue weighted by Crippen LogP contribution is 2.35. The van der Waals surface area contributed by atoms with Crippen LogP contribution in [0.2, 0.25) is 10.0 Å². The van der Waals surface area contributed by atoms with Crippen molar-refractivity contribution in [3.63, 3.8) is 0 Å². The molecule has 0 aliphatic heterocycles. The SMILES string of the molecule is CC(C)(C)OC(=O)NCCNC(=O)c1ncsc1-c1cc(Cl)ccc1Cl. The zero-order valence-electron chi connectivity index (χ0n) is 14.6. The maximum absolute atomic E-state index is 12.4. The first kappa shape index (κ1) is 20.5. The molecular formula is C17H19Cl2N3O3S. The van der Waals surface area contributed by atoms with Crippen molar-refractivity contribution in [3.8, 4) is 10.4 Å². The van der Waals surface area contributed by atoms with Gasteiger partial charge in [0.1, 0.15) is 11.3 Å². The average molecular weight is 416 g/mol. The summed E-state index contributed by atoms with van der Waals surface area (Å²) in [5, 5.41) is 6.28. The lowest BCUT2D eigenvalue weighted by Crippen LogP contribution is -2.38. The molecule has 140 valence electrons. The second-order valence-electron chi connectivity index (χ2n) is 6.34. The Kier molecular flexibility index (Phi) is 6.86. The van der Waals surface area contributed by atoms with Crippen molar-refractivity contribution < 1.29 is 14.3 Å².